The number of carboxylic acids is 1. The number of hydrogen-bond acceptors (Lipinski definition) is 1. The van der Waals surface area contributed by atoms with Crippen LogP contribution in [0.3, 0.4) is 0 Å². The molecule has 0 saturated heterocycles. The van der Waals surface area contributed by atoms with Crippen molar-refractivity contribution >= 4 is 5.97 Å². The number of carboxylic acid groups (broad SMARTS) is 1. The molecule has 0 amide bonds. The molecule has 0 bridgehead atoms. The lowest BCUT2D eigenvalue weighted by Gasteiger charge is -2.08. The molecule has 0 aromatic carbocycles. The van der Waals surface area contributed by atoms with Crippen LogP contribution in [0.15, 0.2) is 11.6 Å². The van der Waals surface area contributed by atoms with Crippen LogP contribution >= 0.6 is 0 Å². The van der Waals surface area contributed by atoms with E-state index < -0.39 is 5.97 Å². The number of aliphatic carboxylic acids is 1. The van der Waals surface area contributed by atoms with Gasteiger partial charge in [-0.15, -0.1) is 0 Å². The molecule has 0 aromatic heterocycles. The van der Waals surface area contributed by atoms with E-state index >= 15 is 0 Å². The minimum absolute atomic E-state index is 0.287. The van der Waals surface area contributed by atoms with E-state index in [0.717, 1.165) is 5.57 Å². The molecule has 1 unspecified atom stereocenters. The summed E-state index contributed by atoms with van der Waals surface area (Å²) < 4.78 is 0. The second-order valence-corrected chi connectivity index (χ2v) is 2.33. The maximum atomic E-state index is 10.5. The Morgan fingerprint density at radius 1 is 1.70 bits per heavy atom. The molecule has 0 rings (SSSR count). The minimum Gasteiger partial charge on any atom is -0.481 e. The van der Waals surface area contributed by atoms with Crippen molar-refractivity contribution < 1.29 is 9.90 Å². The lowest BCUT2D eigenvalue weighted by Crippen LogP contribution is -2.13. The van der Waals surface area contributed by atoms with Gasteiger partial charge in [0.25, 0.3) is 0 Å². The van der Waals surface area contributed by atoms with Crippen molar-refractivity contribution in [3.05, 3.63) is 11.6 Å². The molecule has 1 N–H and O–H groups in total. The third-order valence-electron chi connectivity index (χ3n) is 1.71. The summed E-state index contributed by atoms with van der Waals surface area (Å²) in [4.78, 5) is 10.5. The van der Waals surface area contributed by atoms with Crippen molar-refractivity contribution in [3.8, 4) is 0 Å². The Kier molecular flexibility index (Phi) is 3.77. The Morgan fingerprint density at radius 3 is 2.30 bits per heavy atom. The maximum Gasteiger partial charge on any atom is 0.310 e. The first kappa shape index (κ1) is 9.21. The van der Waals surface area contributed by atoms with Gasteiger partial charge in [0.2, 0.25) is 0 Å². The van der Waals surface area contributed by atoms with Gasteiger partial charge >= 0.3 is 5.97 Å². The summed E-state index contributed by atoms with van der Waals surface area (Å²) in [6.45, 7) is 5.59. The third kappa shape index (κ3) is 2.21. The van der Waals surface area contributed by atoms with Gasteiger partial charge in [0.15, 0.2) is 0 Å². The van der Waals surface area contributed by atoms with Crippen molar-refractivity contribution in [1.29, 1.82) is 0 Å². The van der Waals surface area contributed by atoms with E-state index in [9.17, 15) is 4.79 Å². The second kappa shape index (κ2) is 4.09. The number of hydrogen-bond donors (Lipinski definition) is 1. The fraction of sp³-hybridized carbons (Fsp3) is 0.625. The van der Waals surface area contributed by atoms with Gasteiger partial charge in [0, 0.05) is 0 Å². The predicted octanol–water partition coefficient (Wildman–Crippen LogP) is 2.06. The summed E-state index contributed by atoms with van der Waals surface area (Å²) >= 11 is 0. The highest BCUT2D eigenvalue weighted by molar-refractivity contribution is 5.73. The molecule has 0 radical (unpaired) electrons. The average Bonchev–Trinajstić information content (AvgIpc) is 1.88. The molecule has 2 heteroatoms. The second-order valence-electron chi connectivity index (χ2n) is 2.33. The van der Waals surface area contributed by atoms with Crippen LogP contribution in [0.5, 0.6) is 0 Å². The summed E-state index contributed by atoms with van der Waals surface area (Å²) in [6, 6.07) is 0. The van der Waals surface area contributed by atoms with Crippen LogP contribution in [-0.2, 0) is 4.79 Å². The fourth-order valence-corrected chi connectivity index (χ4v) is 0.893. The van der Waals surface area contributed by atoms with Gasteiger partial charge in [0.05, 0.1) is 5.92 Å². The summed E-state index contributed by atoms with van der Waals surface area (Å²) in [5, 5.41) is 8.63. The Balaban J connectivity index is 4.21. The van der Waals surface area contributed by atoms with E-state index in [4.69, 9.17) is 5.11 Å². The number of carbonyl (C=O) groups is 1. The fourth-order valence-electron chi connectivity index (χ4n) is 0.893. The molecular weight excluding hydrogens is 128 g/mol. The highest BCUT2D eigenvalue weighted by atomic mass is 16.4. The number of allylic oxidation sites excluding steroid dienone is 1. The Morgan fingerprint density at radius 2 is 2.20 bits per heavy atom. The predicted molar refractivity (Wildman–Crippen MR) is 40.8 cm³/mol. The zero-order valence-electron chi connectivity index (χ0n) is 6.72. The highest BCUT2D eigenvalue weighted by Crippen LogP contribution is 2.13. The largest absolute Gasteiger partial charge is 0.481 e. The molecule has 0 aliphatic heterocycles. The van der Waals surface area contributed by atoms with Crippen molar-refractivity contribution in [2.24, 2.45) is 5.92 Å². The Bertz CT molecular complexity index is 147. The smallest absolute Gasteiger partial charge is 0.310 e. The summed E-state index contributed by atoms with van der Waals surface area (Å²) in [5.41, 5.74) is 0.940. The lowest BCUT2D eigenvalue weighted by atomic mass is 9.98. The van der Waals surface area contributed by atoms with Crippen LogP contribution in [0.4, 0.5) is 0 Å². The van der Waals surface area contributed by atoms with Crippen LogP contribution in [0.1, 0.15) is 27.2 Å². The first-order valence-corrected chi connectivity index (χ1v) is 3.49. The van der Waals surface area contributed by atoms with Crippen molar-refractivity contribution in [3.63, 3.8) is 0 Å². The van der Waals surface area contributed by atoms with Crippen molar-refractivity contribution in [2.45, 2.75) is 27.2 Å². The summed E-state index contributed by atoms with van der Waals surface area (Å²) in [7, 11) is 0. The van der Waals surface area contributed by atoms with Gasteiger partial charge in [-0.05, 0) is 20.3 Å². The first-order valence-electron chi connectivity index (χ1n) is 3.49. The summed E-state index contributed by atoms with van der Waals surface area (Å²) in [6.07, 6.45) is 2.52. The standard InChI is InChI=1S/C8H14O2/c1-4-6(3)7(5-2)8(9)10/h4,7H,5H2,1-3H3,(H,9,10)/b6-4+. The molecule has 0 heterocycles. The molecule has 2 nitrogen and oxygen atoms in total. The topological polar surface area (TPSA) is 37.3 Å². The number of rotatable bonds is 3. The summed E-state index contributed by atoms with van der Waals surface area (Å²) in [5.74, 6) is -1.01. The molecule has 0 aliphatic rings. The van der Waals surface area contributed by atoms with Crippen molar-refractivity contribution in [1.82, 2.24) is 0 Å². The van der Waals surface area contributed by atoms with Gasteiger partial charge in [0.1, 0.15) is 0 Å². The maximum absolute atomic E-state index is 10.5. The molecule has 0 aromatic rings. The molecule has 10 heavy (non-hydrogen) atoms. The zero-order chi connectivity index (χ0) is 8.15. The monoisotopic (exact) mass is 142 g/mol. The molecule has 0 fully saturated rings. The van der Waals surface area contributed by atoms with Gasteiger partial charge in [-0.25, -0.2) is 0 Å². The van der Waals surface area contributed by atoms with Gasteiger partial charge in [-0.2, -0.15) is 0 Å². The molecule has 0 spiro atoms. The quantitative estimate of drug-likeness (QED) is 0.612. The van der Waals surface area contributed by atoms with Crippen LogP contribution in [-0.4, -0.2) is 11.1 Å². The van der Waals surface area contributed by atoms with Gasteiger partial charge < -0.3 is 5.11 Å². The van der Waals surface area contributed by atoms with E-state index in [2.05, 4.69) is 0 Å². The van der Waals surface area contributed by atoms with E-state index in [1.54, 1.807) is 0 Å². The van der Waals surface area contributed by atoms with Crippen LogP contribution in [0.2, 0.25) is 0 Å². The molecule has 0 saturated carbocycles. The van der Waals surface area contributed by atoms with Gasteiger partial charge in [-0.1, -0.05) is 18.6 Å². The van der Waals surface area contributed by atoms with Crippen LogP contribution in [0.25, 0.3) is 0 Å². The third-order valence-corrected chi connectivity index (χ3v) is 1.71. The van der Waals surface area contributed by atoms with E-state index in [-0.39, 0.29) is 5.92 Å². The SMILES string of the molecule is C/C=C(\C)C(CC)C(=O)O. The average molecular weight is 142 g/mol. The zero-order valence-corrected chi connectivity index (χ0v) is 6.72. The molecular formula is C8H14O2. The molecule has 0 aliphatic carbocycles. The molecule has 58 valence electrons. The van der Waals surface area contributed by atoms with Crippen LogP contribution < -0.4 is 0 Å². The van der Waals surface area contributed by atoms with E-state index in [1.807, 2.05) is 26.8 Å². The molecule has 1 atom stereocenters. The Labute approximate surface area is 61.6 Å². The van der Waals surface area contributed by atoms with Crippen LogP contribution in [0, 0.1) is 5.92 Å². The highest BCUT2D eigenvalue weighted by Gasteiger charge is 2.15. The van der Waals surface area contributed by atoms with Gasteiger partial charge in [-0.3, -0.25) is 4.79 Å². The lowest BCUT2D eigenvalue weighted by molar-refractivity contribution is -0.140. The van der Waals surface area contributed by atoms with Crippen molar-refractivity contribution in [2.75, 3.05) is 0 Å². The van der Waals surface area contributed by atoms with E-state index in [0.29, 0.717) is 6.42 Å². The Hall–Kier alpha value is -0.790. The van der Waals surface area contributed by atoms with E-state index in [1.165, 1.54) is 0 Å². The minimum atomic E-state index is -0.724. The first-order chi connectivity index (χ1) is 4.63. The normalized spacial score (nSPS) is 14.9.